The van der Waals surface area contributed by atoms with Crippen molar-refractivity contribution in [2.75, 3.05) is 31.5 Å². The van der Waals surface area contributed by atoms with E-state index in [0.29, 0.717) is 11.2 Å². The molecule has 10 heteroatoms. The number of carbonyl (C=O) groups excluding carboxylic acids is 1. The molecule has 0 aliphatic carbocycles. The summed E-state index contributed by atoms with van der Waals surface area (Å²) in [5, 5.41) is 8.58. The SMILES string of the molecule is Cl.O=C(Nc1ccccc1-c1cn2c(CN3CCNCC3)csc2n1)c1cnc2ccccc2n1. The van der Waals surface area contributed by atoms with Crippen LogP contribution in [0.4, 0.5) is 5.69 Å². The van der Waals surface area contributed by atoms with E-state index in [1.807, 2.05) is 48.5 Å². The molecule has 0 bridgehead atoms. The maximum atomic E-state index is 13.0. The van der Waals surface area contributed by atoms with E-state index in [-0.39, 0.29) is 24.0 Å². The Balaban J connectivity index is 0.00000253. The van der Waals surface area contributed by atoms with E-state index < -0.39 is 0 Å². The number of thiazole rings is 1. The quantitative estimate of drug-likeness (QED) is 0.374. The zero-order chi connectivity index (χ0) is 22.9. The molecular weight excluding hydrogens is 482 g/mol. The Bertz CT molecular complexity index is 1490. The number of hydrogen-bond donors (Lipinski definition) is 2. The van der Waals surface area contributed by atoms with Crippen LogP contribution in [0.15, 0.2) is 66.3 Å². The van der Waals surface area contributed by atoms with Crippen LogP contribution in [0.2, 0.25) is 0 Å². The van der Waals surface area contributed by atoms with Gasteiger partial charge < -0.3 is 10.6 Å². The zero-order valence-electron chi connectivity index (χ0n) is 18.8. The third-order valence-electron chi connectivity index (χ3n) is 6.01. The standard InChI is InChI=1S/C25H23N7OS.ClH/c33-24(22-13-27-20-7-3-4-8-21(20)28-22)29-19-6-2-1-5-18(19)23-15-32-17(16-34-25(32)30-23)14-31-11-9-26-10-12-31;/h1-8,13,15-16,26H,9-12,14H2,(H,29,33);1H. The molecule has 0 spiro atoms. The average molecular weight is 506 g/mol. The number of halogens is 1. The van der Waals surface area contributed by atoms with Gasteiger partial charge in [-0.15, -0.1) is 23.7 Å². The minimum Gasteiger partial charge on any atom is -0.320 e. The van der Waals surface area contributed by atoms with Crippen LogP contribution in [0.3, 0.4) is 0 Å². The predicted octanol–water partition coefficient (Wildman–Crippen LogP) is 4.09. The summed E-state index contributed by atoms with van der Waals surface area (Å²) in [6, 6.07) is 15.2. The van der Waals surface area contributed by atoms with Gasteiger partial charge in [-0.3, -0.25) is 19.1 Å². The molecule has 35 heavy (non-hydrogen) atoms. The third kappa shape index (κ3) is 4.76. The number of hydrogen-bond acceptors (Lipinski definition) is 7. The maximum Gasteiger partial charge on any atom is 0.275 e. The lowest BCUT2D eigenvalue weighted by atomic mass is 10.1. The minimum absolute atomic E-state index is 0. The Morgan fingerprint density at radius 3 is 2.66 bits per heavy atom. The van der Waals surface area contributed by atoms with Gasteiger partial charge in [0.1, 0.15) is 5.69 Å². The topological polar surface area (TPSA) is 87.5 Å². The summed E-state index contributed by atoms with van der Waals surface area (Å²) >= 11 is 1.64. The van der Waals surface area contributed by atoms with Gasteiger partial charge in [0.15, 0.2) is 4.96 Å². The van der Waals surface area contributed by atoms with E-state index in [0.717, 1.165) is 54.5 Å². The van der Waals surface area contributed by atoms with E-state index in [1.54, 1.807) is 11.3 Å². The van der Waals surface area contributed by atoms with Crippen molar-refractivity contribution in [3.8, 4) is 11.3 Å². The highest BCUT2D eigenvalue weighted by Crippen LogP contribution is 2.30. The molecule has 0 saturated carbocycles. The molecule has 178 valence electrons. The number of nitrogens with zero attached hydrogens (tertiary/aromatic N) is 5. The monoisotopic (exact) mass is 505 g/mol. The summed E-state index contributed by atoms with van der Waals surface area (Å²) in [5.41, 5.74) is 5.34. The number of fused-ring (bicyclic) bond motifs is 2. The number of amides is 1. The molecule has 4 heterocycles. The molecule has 1 fully saturated rings. The van der Waals surface area contributed by atoms with Crippen molar-refractivity contribution in [1.29, 1.82) is 0 Å². The second kappa shape index (κ2) is 10.1. The van der Waals surface area contributed by atoms with Crippen molar-refractivity contribution in [1.82, 2.24) is 29.6 Å². The van der Waals surface area contributed by atoms with Gasteiger partial charge in [0.2, 0.25) is 0 Å². The number of imidazole rings is 1. The van der Waals surface area contributed by atoms with Crippen molar-refractivity contribution in [3.63, 3.8) is 0 Å². The molecule has 8 nitrogen and oxygen atoms in total. The Labute approximate surface area is 212 Å². The fourth-order valence-corrected chi connectivity index (χ4v) is 5.10. The van der Waals surface area contributed by atoms with Crippen molar-refractivity contribution in [2.24, 2.45) is 0 Å². The van der Waals surface area contributed by atoms with Gasteiger partial charge in [0, 0.05) is 55.6 Å². The van der Waals surface area contributed by atoms with Gasteiger partial charge in [-0.2, -0.15) is 0 Å². The zero-order valence-corrected chi connectivity index (χ0v) is 20.5. The molecule has 1 saturated heterocycles. The van der Waals surface area contributed by atoms with Crippen LogP contribution in [0.1, 0.15) is 16.2 Å². The highest BCUT2D eigenvalue weighted by atomic mass is 35.5. The first kappa shape index (κ1) is 23.4. The average Bonchev–Trinajstić information content (AvgIpc) is 3.46. The fourth-order valence-electron chi connectivity index (χ4n) is 4.24. The van der Waals surface area contributed by atoms with Gasteiger partial charge in [-0.25, -0.2) is 9.97 Å². The van der Waals surface area contributed by atoms with E-state index >= 15 is 0 Å². The van der Waals surface area contributed by atoms with Gasteiger partial charge in [-0.1, -0.05) is 30.3 Å². The molecule has 1 amide bonds. The number of aromatic nitrogens is 4. The number of rotatable bonds is 5. The normalized spacial score (nSPS) is 14.2. The van der Waals surface area contributed by atoms with Gasteiger partial charge in [0.25, 0.3) is 5.91 Å². The second-order valence-corrected chi connectivity index (χ2v) is 9.11. The largest absolute Gasteiger partial charge is 0.320 e. The van der Waals surface area contributed by atoms with Gasteiger partial charge >= 0.3 is 0 Å². The molecule has 0 radical (unpaired) electrons. The van der Waals surface area contributed by atoms with Crippen LogP contribution >= 0.6 is 23.7 Å². The van der Waals surface area contributed by atoms with Crippen LogP contribution < -0.4 is 10.6 Å². The molecule has 2 aromatic carbocycles. The number of anilines is 1. The summed E-state index contributed by atoms with van der Waals surface area (Å²) in [5.74, 6) is -0.300. The molecule has 0 atom stereocenters. The van der Waals surface area contributed by atoms with E-state index in [1.165, 1.54) is 11.9 Å². The van der Waals surface area contributed by atoms with Gasteiger partial charge in [-0.05, 0) is 18.2 Å². The summed E-state index contributed by atoms with van der Waals surface area (Å²) in [7, 11) is 0. The smallest absolute Gasteiger partial charge is 0.275 e. The highest BCUT2D eigenvalue weighted by Gasteiger charge is 2.17. The molecule has 2 N–H and O–H groups in total. The van der Waals surface area contributed by atoms with Crippen molar-refractivity contribution >= 4 is 51.3 Å². The number of benzene rings is 2. The highest BCUT2D eigenvalue weighted by molar-refractivity contribution is 7.15. The number of para-hydroxylation sites is 3. The van der Waals surface area contributed by atoms with Crippen molar-refractivity contribution < 1.29 is 4.79 Å². The van der Waals surface area contributed by atoms with Gasteiger partial charge in [0.05, 0.1) is 28.6 Å². The Kier molecular flexibility index (Phi) is 6.74. The van der Waals surface area contributed by atoms with E-state index in [9.17, 15) is 4.79 Å². The summed E-state index contributed by atoms with van der Waals surface area (Å²) < 4.78 is 2.16. The predicted molar refractivity (Wildman–Crippen MR) is 141 cm³/mol. The number of nitrogens with one attached hydrogen (secondary N) is 2. The van der Waals surface area contributed by atoms with Crippen LogP contribution in [0.5, 0.6) is 0 Å². The molecular formula is C25H24ClN7OS. The lowest BCUT2D eigenvalue weighted by Crippen LogP contribution is -2.43. The Morgan fingerprint density at radius 1 is 1.03 bits per heavy atom. The molecule has 1 aliphatic rings. The third-order valence-corrected chi connectivity index (χ3v) is 6.90. The van der Waals surface area contributed by atoms with Crippen LogP contribution in [-0.2, 0) is 6.54 Å². The van der Waals surface area contributed by atoms with Crippen LogP contribution in [-0.4, -0.2) is 56.3 Å². The fraction of sp³-hybridized carbons (Fsp3) is 0.200. The summed E-state index contributed by atoms with van der Waals surface area (Å²) in [6.45, 7) is 5.04. The lowest BCUT2D eigenvalue weighted by Gasteiger charge is -2.26. The molecule has 1 aliphatic heterocycles. The first-order chi connectivity index (χ1) is 16.7. The van der Waals surface area contributed by atoms with Crippen molar-refractivity contribution in [3.05, 3.63) is 77.7 Å². The molecule has 5 aromatic rings. The number of piperazine rings is 1. The van der Waals surface area contributed by atoms with Crippen LogP contribution in [0, 0.1) is 0 Å². The maximum absolute atomic E-state index is 13.0. The van der Waals surface area contributed by atoms with E-state index in [2.05, 4.69) is 41.5 Å². The minimum atomic E-state index is -0.300. The first-order valence-electron chi connectivity index (χ1n) is 11.3. The number of carbonyl (C=O) groups is 1. The van der Waals surface area contributed by atoms with Crippen molar-refractivity contribution in [2.45, 2.75) is 6.54 Å². The molecule has 3 aromatic heterocycles. The second-order valence-electron chi connectivity index (χ2n) is 8.28. The first-order valence-corrected chi connectivity index (χ1v) is 12.1. The van der Waals surface area contributed by atoms with Crippen LogP contribution in [0.25, 0.3) is 27.3 Å². The summed E-state index contributed by atoms with van der Waals surface area (Å²) in [6.07, 6.45) is 3.57. The van der Waals surface area contributed by atoms with E-state index in [4.69, 9.17) is 4.98 Å². The molecule has 6 rings (SSSR count). The molecule has 0 unspecified atom stereocenters. The summed E-state index contributed by atoms with van der Waals surface area (Å²) in [4.78, 5) is 30.1. The Morgan fingerprint density at radius 2 is 1.80 bits per heavy atom. The lowest BCUT2D eigenvalue weighted by molar-refractivity contribution is 0.102. The Hall–Kier alpha value is -3.37.